The molecule has 3 aromatic rings. The first-order chi connectivity index (χ1) is 15.7. The van der Waals surface area contributed by atoms with E-state index in [0.29, 0.717) is 31.9 Å². The summed E-state index contributed by atoms with van der Waals surface area (Å²) in [6.07, 6.45) is 0. The van der Waals surface area contributed by atoms with Crippen molar-refractivity contribution in [1.82, 2.24) is 19.2 Å². The fraction of sp³-hybridized carbons (Fsp3) is 0.333. The summed E-state index contributed by atoms with van der Waals surface area (Å²) in [6, 6.07) is 11.9. The Balaban J connectivity index is 1.48. The SMILES string of the molecule is Cc1ccc(S(=O)(=O)N[C@H](C)c2nc(-c3ccc(S(=O)(=O)N4CCOCC4)cc3)no2)cc1. The van der Waals surface area contributed by atoms with Gasteiger partial charge in [0.15, 0.2) is 0 Å². The van der Waals surface area contributed by atoms with E-state index in [1.807, 2.05) is 6.92 Å². The van der Waals surface area contributed by atoms with Gasteiger partial charge in [-0.1, -0.05) is 22.9 Å². The number of hydrogen-bond acceptors (Lipinski definition) is 8. The van der Waals surface area contributed by atoms with Crippen LogP contribution in [0.25, 0.3) is 11.4 Å². The Labute approximate surface area is 192 Å². The number of nitrogens with zero attached hydrogens (tertiary/aromatic N) is 3. The maximum atomic E-state index is 12.8. The zero-order valence-corrected chi connectivity index (χ0v) is 19.8. The van der Waals surface area contributed by atoms with Gasteiger partial charge in [-0.3, -0.25) is 0 Å². The van der Waals surface area contributed by atoms with Gasteiger partial charge >= 0.3 is 0 Å². The molecule has 2 aromatic carbocycles. The smallest absolute Gasteiger partial charge is 0.244 e. The number of sulfonamides is 2. The van der Waals surface area contributed by atoms with E-state index in [1.54, 1.807) is 31.2 Å². The van der Waals surface area contributed by atoms with E-state index in [1.165, 1.54) is 28.6 Å². The molecule has 1 aliphatic rings. The van der Waals surface area contributed by atoms with Crippen LogP contribution in [-0.4, -0.2) is 57.6 Å². The third kappa shape index (κ3) is 5.14. The van der Waals surface area contributed by atoms with Crippen molar-refractivity contribution in [1.29, 1.82) is 0 Å². The molecule has 1 aliphatic heterocycles. The van der Waals surface area contributed by atoms with E-state index in [9.17, 15) is 16.8 Å². The lowest BCUT2D eigenvalue weighted by atomic mass is 10.2. The topological polar surface area (TPSA) is 132 Å². The number of benzene rings is 2. The summed E-state index contributed by atoms with van der Waals surface area (Å²) in [4.78, 5) is 4.57. The maximum Gasteiger partial charge on any atom is 0.244 e. The number of hydrogen-bond donors (Lipinski definition) is 1. The highest BCUT2D eigenvalue weighted by Crippen LogP contribution is 2.24. The molecule has 1 atom stereocenters. The normalized spacial score (nSPS) is 16.5. The van der Waals surface area contributed by atoms with Gasteiger partial charge in [0.05, 0.1) is 29.0 Å². The van der Waals surface area contributed by atoms with Gasteiger partial charge in [0.1, 0.15) is 0 Å². The Morgan fingerprint density at radius 1 is 0.939 bits per heavy atom. The van der Waals surface area contributed by atoms with Crippen LogP contribution in [0.3, 0.4) is 0 Å². The third-order valence-corrected chi connectivity index (χ3v) is 8.67. The lowest BCUT2D eigenvalue weighted by Gasteiger charge is -2.26. The molecule has 1 saturated heterocycles. The molecule has 2 heterocycles. The van der Waals surface area contributed by atoms with Gasteiger partial charge in [-0.05, 0) is 50.2 Å². The molecular weight excluding hydrogens is 468 g/mol. The molecule has 0 saturated carbocycles. The minimum atomic E-state index is -3.77. The summed E-state index contributed by atoms with van der Waals surface area (Å²) in [6.45, 7) is 4.84. The predicted molar refractivity (Wildman–Crippen MR) is 119 cm³/mol. The summed E-state index contributed by atoms with van der Waals surface area (Å²) in [7, 11) is -7.38. The van der Waals surface area contributed by atoms with E-state index < -0.39 is 26.1 Å². The monoisotopic (exact) mass is 492 g/mol. The average Bonchev–Trinajstić information content (AvgIpc) is 3.30. The first kappa shape index (κ1) is 23.5. The Kier molecular flexibility index (Phi) is 6.64. The highest BCUT2D eigenvalue weighted by atomic mass is 32.2. The van der Waals surface area contributed by atoms with E-state index in [4.69, 9.17) is 9.26 Å². The first-order valence-electron chi connectivity index (χ1n) is 10.3. The fourth-order valence-electron chi connectivity index (χ4n) is 3.31. The fourth-order valence-corrected chi connectivity index (χ4v) is 5.91. The Morgan fingerprint density at radius 2 is 1.55 bits per heavy atom. The quantitative estimate of drug-likeness (QED) is 0.530. The van der Waals surface area contributed by atoms with E-state index in [-0.39, 0.29) is 21.5 Å². The number of nitrogens with one attached hydrogen (secondary N) is 1. The summed E-state index contributed by atoms with van der Waals surface area (Å²) >= 11 is 0. The molecular formula is C21H24N4O6S2. The second-order valence-corrected chi connectivity index (χ2v) is 11.3. The van der Waals surface area contributed by atoms with Crippen molar-refractivity contribution in [2.75, 3.05) is 26.3 Å². The number of rotatable bonds is 7. The molecule has 33 heavy (non-hydrogen) atoms. The van der Waals surface area contributed by atoms with Gasteiger partial charge < -0.3 is 9.26 Å². The molecule has 1 fully saturated rings. The Bertz CT molecular complexity index is 1310. The maximum absolute atomic E-state index is 12.8. The minimum absolute atomic E-state index is 0.0886. The van der Waals surface area contributed by atoms with Crippen molar-refractivity contribution in [2.24, 2.45) is 0 Å². The zero-order chi connectivity index (χ0) is 23.6. The standard InChI is InChI=1S/C21H24N4O6S2/c1-15-3-7-18(8-4-15)32(26,27)24-16(2)21-22-20(23-31-21)17-5-9-19(10-6-17)33(28,29)25-11-13-30-14-12-25/h3-10,16,24H,11-14H2,1-2H3/t16-/m1/s1. The Morgan fingerprint density at radius 3 is 2.18 bits per heavy atom. The highest BCUT2D eigenvalue weighted by Gasteiger charge is 2.27. The van der Waals surface area contributed by atoms with Gasteiger partial charge in [-0.2, -0.15) is 14.0 Å². The molecule has 0 amide bonds. The first-order valence-corrected chi connectivity index (χ1v) is 13.2. The molecule has 1 N–H and O–H groups in total. The van der Waals surface area contributed by atoms with Crippen molar-refractivity contribution in [3.63, 3.8) is 0 Å². The van der Waals surface area contributed by atoms with Crippen LogP contribution in [0.5, 0.6) is 0 Å². The second-order valence-electron chi connectivity index (χ2n) is 7.65. The molecule has 0 aliphatic carbocycles. The average molecular weight is 493 g/mol. The van der Waals surface area contributed by atoms with Gasteiger partial charge in [0.2, 0.25) is 31.8 Å². The Hall–Kier alpha value is -2.64. The van der Waals surface area contributed by atoms with Crippen molar-refractivity contribution >= 4 is 20.0 Å². The molecule has 176 valence electrons. The molecule has 0 radical (unpaired) electrons. The molecule has 0 unspecified atom stereocenters. The summed E-state index contributed by atoms with van der Waals surface area (Å²) in [5.74, 6) is 0.312. The van der Waals surface area contributed by atoms with Crippen LogP contribution in [0, 0.1) is 6.92 Å². The van der Waals surface area contributed by atoms with Crippen molar-refractivity contribution < 1.29 is 26.1 Å². The summed E-state index contributed by atoms with van der Waals surface area (Å²) in [5, 5.41) is 3.91. The van der Waals surface area contributed by atoms with Crippen LogP contribution in [0.1, 0.15) is 24.4 Å². The minimum Gasteiger partial charge on any atom is -0.379 e. The van der Waals surface area contributed by atoms with Crippen molar-refractivity contribution in [3.8, 4) is 11.4 Å². The van der Waals surface area contributed by atoms with Crippen molar-refractivity contribution in [3.05, 3.63) is 60.0 Å². The van der Waals surface area contributed by atoms with Gasteiger partial charge in [-0.25, -0.2) is 16.8 Å². The molecule has 0 bridgehead atoms. The van der Waals surface area contributed by atoms with Crippen LogP contribution in [0.15, 0.2) is 62.8 Å². The van der Waals surface area contributed by atoms with Crippen LogP contribution in [0.4, 0.5) is 0 Å². The predicted octanol–water partition coefficient (Wildman–Crippen LogP) is 2.11. The van der Waals surface area contributed by atoms with E-state index >= 15 is 0 Å². The van der Waals surface area contributed by atoms with Crippen LogP contribution < -0.4 is 4.72 Å². The lowest BCUT2D eigenvalue weighted by Crippen LogP contribution is -2.40. The van der Waals surface area contributed by atoms with Crippen molar-refractivity contribution in [2.45, 2.75) is 29.7 Å². The largest absolute Gasteiger partial charge is 0.379 e. The second kappa shape index (κ2) is 9.31. The molecule has 0 spiro atoms. The van der Waals surface area contributed by atoms with Gasteiger partial charge in [0.25, 0.3) is 0 Å². The number of aryl methyl sites for hydroxylation is 1. The molecule has 1 aromatic heterocycles. The van der Waals surface area contributed by atoms with E-state index in [2.05, 4.69) is 14.9 Å². The van der Waals surface area contributed by atoms with Gasteiger partial charge in [0, 0.05) is 18.7 Å². The number of morpholine rings is 1. The highest BCUT2D eigenvalue weighted by molar-refractivity contribution is 7.89. The number of aromatic nitrogens is 2. The summed E-state index contributed by atoms with van der Waals surface area (Å²) in [5.41, 5.74) is 1.49. The van der Waals surface area contributed by atoms with Crippen LogP contribution >= 0.6 is 0 Å². The molecule has 12 heteroatoms. The summed E-state index contributed by atoms with van der Waals surface area (Å²) < 4.78 is 65.1. The number of ether oxygens (including phenoxy) is 1. The van der Waals surface area contributed by atoms with Crippen LogP contribution in [0.2, 0.25) is 0 Å². The van der Waals surface area contributed by atoms with Crippen LogP contribution in [-0.2, 0) is 24.8 Å². The third-order valence-electron chi connectivity index (χ3n) is 5.20. The lowest BCUT2D eigenvalue weighted by molar-refractivity contribution is 0.0730. The zero-order valence-electron chi connectivity index (χ0n) is 18.1. The molecule has 10 nitrogen and oxygen atoms in total. The van der Waals surface area contributed by atoms with Gasteiger partial charge in [-0.15, -0.1) is 0 Å². The molecule has 4 rings (SSSR count). The van der Waals surface area contributed by atoms with E-state index in [0.717, 1.165) is 5.56 Å².